The zero-order valence-corrected chi connectivity index (χ0v) is 7.80. The van der Waals surface area contributed by atoms with Gasteiger partial charge in [-0.2, -0.15) is 0 Å². The Bertz CT molecular complexity index is 96.7. The molecule has 0 aromatic heterocycles. The molecule has 1 aliphatic carbocycles. The molecule has 0 bridgehead atoms. The van der Waals surface area contributed by atoms with Gasteiger partial charge in [0.15, 0.2) is 0 Å². The molecular formula is C8H13I. The van der Waals surface area contributed by atoms with E-state index in [9.17, 15) is 0 Å². The van der Waals surface area contributed by atoms with Crippen LogP contribution in [0.4, 0.5) is 0 Å². The summed E-state index contributed by atoms with van der Waals surface area (Å²) in [7, 11) is 0. The molecule has 0 heterocycles. The zero-order chi connectivity index (χ0) is 6.53. The highest BCUT2D eigenvalue weighted by Crippen LogP contribution is 2.18. The van der Waals surface area contributed by atoms with Crippen molar-refractivity contribution in [3.05, 3.63) is 12.2 Å². The van der Waals surface area contributed by atoms with Crippen LogP contribution < -0.4 is 0 Å². The number of hydrogen-bond acceptors (Lipinski definition) is 0. The molecular weight excluding hydrogens is 223 g/mol. The Morgan fingerprint density at radius 1 is 1.11 bits per heavy atom. The smallest absolute Gasteiger partial charge is 0.0113 e. The minimum absolute atomic E-state index is 0.938. The van der Waals surface area contributed by atoms with Gasteiger partial charge >= 0.3 is 0 Å². The highest BCUT2D eigenvalue weighted by molar-refractivity contribution is 14.1. The third-order valence-corrected chi connectivity index (χ3v) is 2.95. The summed E-state index contributed by atoms with van der Waals surface area (Å²) < 4.78 is 0.938. The van der Waals surface area contributed by atoms with Crippen LogP contribution in [0, 0.1) is 0 Å². The second-order valence-electron chi connectivity index (χ2n) is 2.58. The van der Waals surface area contributed by atoms with Crippen LogP contribution in [0.1, 0.15) is 32.1 Å². The van der Waals surface area contributed by atoms with E-state index in [0.717, 1.165) is 3.92 Å². The van der Waals surface area contributed by atoms with Crippen molar-refractivity contribution in [1.29, 1.82) is 0 Å². The maximum Gasteiger partial charge on any atom is 0.0113 e. The summed E-state index contributed by atoms with van der Waals surface area (Å²) >= 11 is 2.56. The maximum atomic E-state index is 2.56. The van der Waals surface area contributed by atoms with E-state index in [2.05, 4.69) is 34.7 Å². The van der Waals surface area contributed by atoms with Gasteiger partial charge in [-0.05, 0) is 32.1 Å². The molecule has 52 valence electrons. The summed E-state index contributed by atoms with van der Waals surface area (Å²) in [6, 6.07) is 0. The number of halogens is 1. The lowest BCUT2D eigenvalue weighted by Gasteiger charge is -2.08. The number of allylic oxidation sites excluding steroid dienone is 2. The molecule has 0 saturated carbocycles. The molecule has 1 unspecified atom stereocenters. The third kappa shape index (κ3) is 3.23. The Hall–Kier alpha value is 0.470. The van der Waals surface area contributed by atoms with Crippen molar-refractivity contribution in [2.45, 2.75) is 36.0 Å². The molecule has 9 heavy (non-hydrogen) atoms. The fourth-order valence-corrected chi connectivity index (χ4v) is 1.91. The van der Waals surface area contributed by atoms with E-state index < -0.39 is 0 Å². The van der Waals surface area contributed by atoms with Gasteiger partial charge in [0.25, 0.3) is 0 Å². The van der Waals surface area contributed by atoms with Gasteiger partial charge in [0.2, 0.25) is 0 Å². The molecule has 0 saturated heterocycles. The average molecular weight is 236 g/mol. The van der Waals surface area contributed by atoms with Crippen LogP contribution in [-0.2, 0) is 0 Å². The molecule has 1 heteroatoms. The first kappa shape index (κ1) is 7.58. The Morgan fingerprint density at radius 2 is 1.89 bits per heavy atom. The fraction of sp³-hybridized carbons (Fsp3) is 0.750. The predicted octanol–water partition coefficient (Wildman–Crippen LogP) is 3.31. The Morgan fingerprint density at radius 3 is 2.78 bits per heavy atom. The summed E-state index contributed by atoms with van der Waals surface area (Å²) in [4.78, 5) is 0. The van der Waals surface area contributed by atoms with Crippen LogP contribution in [0.5, 0.6) is 0 Å². The van der Waals surface area contributed by atoms with Gasteiger partial charge in [-0.1, -0.05) is 34.7 Å². The van der Waals surface area contributed by atoms with Gasteiger partial charge in [0, 0.05) is 3.92 Å². The van der Waals surface area contributed by atoms with Crippen molar-refractivity contribution < 1.29 is 0 Å². The number of hydrogen-bond donors (Lipinski definition) is 0. The second-order valence-corrected chi connectivity index (χ2v) is 4.34. The van der Waals surface area contributed by atoms with Gasteiger partial charge < -0.3 is 0 Å². The molecule has 0 aromatic rings. The first-order valence-corrected chi connectivity index (χ1v) is 4.93. The molecule has 0 N–H and O–H groups in total. The zero-order valence-electron chi connectivity index (χ0n) is 5.65. The van der Waals surface area contributed by atoms with Gasteiger partial charge in [-0.15, -0.1) is 0 Å². The summed E-state index contributed by atoms with van der Waals surface area (Å²) in [5, 5.41) is 0. The lowest BCUT2D eigenvalue weighted by Crippen LogP contribution is -1.97. The van der Waals surface area contributed by atoms with E-state index in [1.807, 2.05) is 0 Å². The van der Waals surface area contributed by atoms with Crippen molar-refractivity contribution in [2.75, 3.05) is 0 Å². The molecule has 1 rings (SSSR count). The van der Waals surface area contributed by atoms with Crippen molar-refractivity contribution >= 4 is 22.6 Å². The van der Waals surface area contributed by atoms with Crippen LogP contribution in [0.25, 0.3) is 0 Å². The fourth-order valence-electron chi connectivity index (χ4n) is 1.11. The van der Waals surface area contributed by atoms with Crippen LogP contribution in [-0.4, -0.2) is 3.92 Å². The lowest BCUT2D eigenvalue weighted by atomic mass is 10.1. The SMILES string of the molecule is IC1CCC=CCCC1. The van der Waals surface area contributed by atoms with Crippen LogP contribution in [0.15, 0.2) is 12.2 Å². The van der Waals surface area contributed by atoms with Gasteiger partial charge in [0.05, 0.1) is 0 Å². The van der Waals surface area contributed by atoms with Crippen LogP contribution in [0.3, 0.4) is 0 Å². The minimum atomic E-state index is 0.938. The van der Waals surface area contributed by atoms with E-state index >= 15 is 0 Å². The molecule has 0 amide bonds. The molecule has 0 nitrogen and oxygen atoms in total. The van der Waals surface area contributed by atoms with Gasteiger partial charge in [-0.25, -0.2) is 0 Å². The monoisotopic (exact) mass is 236 g/mol. The molecule has 0 aliphatic heterocycles. The second kappa shape index (κ2) is 4.31. The molecule has 0 aromatic carbocycles. The first-order chi connectivity index (χ1) is 4.39. The summed E-state index contributed by atoms with van der Waals surface area (Å²) in [5.74, 6) is 0. The van der Waals surface area contributed by atoms with Crippen molar-refractivity contribution in [3.63, 3.8) is 0 Å². The van der Waals surface area contributed by atoms with E-state index in [-0.39, 0.29) is 0 Å². The van der Waals surface area contributed by atoms with Crippen LogP contribution >= 0.6 is 22.6 Å². The topological polar surface area (TPSA) is 0 Å². The third-order valence-electron chi connectivity index (χ3n) is 1.70. The predicted molar refractivity (Wildman–Crippen MR) is 50.0 cm³/mol. The van der Waals surface area contributed by atoms with E-state index in [4.69, 9.17) is 0 Å². The number of alkyl halides is 1. The highest BCUT2D eigenvalue weighted by Gasteiger charge is 2.02. The summed E-state index contributed by atoms with van der Waals surface area (Å²) in [6.45, 7) is 0. The molecule has 0 radical (unpaired) electrons. The Labute approximate surface area is 70.9 Å². The molecule has 0 fully saturated rings. The number of rotatable bonds is 0. The van der Waals surface area contributed by atoms with Crippen molar-refractivity contribution in [1.82, 2.24) is 0 Å². The van der Waals surface area contributed by atoms with Crippen molar-refractivity contribution in [3.8, 4) is 0 Å². The van der Waals surface area contributed by atoms with Crippen LogP contribution in [0.2, 0.25) is 0 Å². The average Bonchev–Trinajstić information content (AvgIpc) is 1.79. The Kier molecular flexibility index (Phi) is 3.63. The van der Waals surface area contributed by atoms with E-state index in [1.165, 1.54) is 32.1 Å². The summed E-state index contributed by atoms with van der Waals surface area (Å²) in [5.41, 5.74) is 0. The molecule has 0 spiro atoms. The standard InChI is InChI=1S/C8H13I/c9-8-6-4-2-1-3-5-7-8/h1-2,8H,3-7H2. The molecule has 1 aliphatic rings. The lowest BCUT2D eigenvalue weighted by molar-refractivity contribution is 0.670. The summed E-state index contributed by atoms with van der Waals surface area (Å²) in [6.07, 6.45) is 11.5. The van der Waals surface area contributed by atoms with Gasteiger partial charge in [-0.3, -0.25) is 0 Å². The normalized spacial score (nSPS) is 29.2. The van der Waals surface area contributed by atoms with Crippen molar-refractivity contribution in [2.24, 2.45) is 0 Å². The highest BCUT2D eigenvalue weighted by atomic mass is 127. The van der Waals surface area contributed by atoms with Gasteiger partial charge in [0.1, 0.15) is 0 Å². The molecule has 1 atom stereocenters. The largest absolute Gasteiger partial charge is 0.0885 e. The minimum Gasteiger partial charge on any atom is -0.0885 e. The maximum absolute atomic E-state index is 2.56. The quantitative estimate of drug-likeness (QED) is 0.344. The first-order valence-electron chi connectivity index (χ1n) is 3.68. The van der Waals surface area contributed by atoms with E-state index in [0.29, 0.717) is 0 Å². The van der Waals surface area contributed by atoms with E-state index in [1.54, 1.807) is 0 Å². The Balaban J connectivity index is 2.27.